The SMILES string of the molecule is CC[C@H]1O[C@@H]2SC(N3CCC3)=N[C@@H]2[C@@H](OC(C)=O)[C@@H]1C.OC[C@H]1O[C@@H]2SC(N3CCC3)=N[C@@H]2[C@@H](O)[C@@H]1O. The lowest BCUT2D eigenvalue weighted by atomic mass is 9.88. The highest BCUT2D eigenvalue weighted by atomic mass is 32.2. The summed E-state index contributed by atoms with van der Waals surface area (Å²) in [5, 5.41) is 30.7. The van der Waals surface area contributed by atoms with Crippen LogP contribution in [0.2, 0.25) is 0 Å². The number of nitrogens with zero attached hydrogens (tertiary/aromatic N) is 4. The van der Waals surface area contributed by atoms with Gasteiger partial charge in [0.1, 0.15) is 47.4 Å². The number of amidine groups is 2. The summed E-state index contributed by atoms with van der Waals surface area (Å²) in [4.78, 5) is 25.0. The summed E-state index contributed by atoms with van der Waals surface area (Å²) >= 11 is 3.17. The first-order valence-electron chi connectivity index (χ1n) is 13.2. The Balaban J connectivity index is 0.000000153. The van der Waals surface area contributed by atoms with Gasteiger partial charge < -0.3 is 39.3 Å². The summed E-state index contributed by atoms with van der Waals surface area (Å²) in [6, 6.07) is -0.481. The van der Waals surface area contributed by atoms with Gasteiger partial charge in [0, 0.05) is 39.0 Å². The van der Waals surface area contributed by atoms with Gasteiger partial charge in [0.05, 0.1) is 12.7 Å². The van der Waals surface area contributed by atoms with Gasteiger partial charge in [-0.1, -0.05) is 37.4 Å². The number of carbonyl (C=O) groups excluding carboxylic acids is 1. The lowest BCUT2D eigenvalue weighted by Gasteiger charge is -2.40. The van der Waals surface area contributed by atoms with Crippen LogP contribution < -0.4 is 0 Å². The molecule has 11 nitrogen and oxygen atoms in total. The molecule has 0 aliphatic carbocycles. The van der Waals surface area contributed by atoms with Gasteiger partial charge in [-0.25, -0.2) is 0 Å². The molecule has 0 unspecified atom stereocenters. The number of ether oxygens (including phenoxy) is 3. The molecular formula is C24H38N4O7S2. The minimum atomic E-state index is -1.07. The summed E-state index contributed by atoms with van der Waals surface area (Å²) in [7, 11) is 0. The van der Waals surface area contributed by atoms with Crippen molar-refractivity contribution in [2.45, 2.75) is 93.5 Å². The van der Waals surface area contributed by atoms with E-state index in [0.29, 0.717) is 0 Å². The number of thioether (sulfide) groups is 2. The fourth-order valence-electron chi connectivity index (χ4n) is 5.28. The molecule has 13 heteroatoms. The van der Waals surface area contributed by atoms with E-state index in [2.05, 4.69) is 28.6 Å². The molecule has 0 radical (unpaired) electrons. The van der Waals surface area contributed by atoms with E-state index in [1.807, 2.05) is 0 Å². The minimum absolute atomic E-state index is 0.00361. The van der Waals surface area contributed by atoms with Gasteiger partial charge in [0.2, 0.25) is 0 Å². The van der Waals surface area contributed by atoms with Crippen molar-refractivity contribution in [3.8, 4) is 0 Å². The number of hydrogen-bond donors (Lipinski definition) is 3. The number of rotatable bonds is 3. The Morgan fingerprint density at radius 3 is 2.00 bits per heavy atom. The van der Waals surface area contributed by atoms with Crippen molar-refractivity contribution in [2.24, 2.45) is 15.9 Å². The topological polar surface area (TPSA) is 137 Å². The van der Waals surface area contributed by atoms with E-state index in [1.165, 1.54) is 31.5 Å². The number of fused-ring (bicyclic) bond motifs is 2. The Bertz CT molecular complexity index is 902. The Morgan fingerprint density at radius 1 is 0.973 bits per heavy atom. The number of esters is 1. The molecule has 6 aliphatic rings. The molecule has 4 fully saturated rings. The Labute approximate surface area is 226 Å². The quantitative estimate of drug-likeness (QED) is 0.417. The van der Waals surface area contributed by atoms with Gasteiger partial charge in [-0.15, -0.1) is 0 Å². The van der Waals surface area contributed by atoms with Crippen LogP contribution >= 0.6 is 23.5 Å². The van der Waals surface area contributed by atoms with Crippen molar-refractivity contribution in [3.05, 3.63) is 0 Å². The Kier molecular flexibility index (Phi) is 8.59. The van der Waals surface area contributed by atoms with E-state index in [-0.39, 0.29) is 47.6 Å². The van der Waals surface area contributed by atoms with Crippen LogP contribution in [0.15, 0.2) is 9.98 Å². The molecule has 10 atom stereocenters. The van der Waals surface area contributed by atoms with Gasteiger partial charge in [-0.2, -0.15) is 0 Å². The second kappa shape index (κ2) is 11.6. The first-order valence-corrected chi connectivity index (χ1v) is 15.0. The number of likely N-dealkylation sites (tertiary alicyclic amines) is 2. The zero-order valence-electron chi connectivity index (χ0n) is 21.5. The molecular weight excluding hydrogens is 520 g/mol. The van der Waals surface area contributed by atoms with E-state index >= 15 is 0 Å². The molecule has 208 valence electrons. The zero-order chi connectivity index (χ0) is 26.3. The first-order chi connectivity index (χ1) is 17.8. The third-order valence-corrected chi connectivity index (χ3v) is 10.2. The van der Waals surface area contributed by atoms with Crippen LogP contribution in [0, 0.1) is 5.92 Å². The van der Waals surface area contributed by atoms with Gasteiger partial charge in [0.15, 0.2) is 10.3 Å². The molecule has 0 bridgehead atoms. The van der Waals surface area contributed by atoms with Crippen LogP contribution in [0.5, 0.6) is 0 Å². The molecule has 6 rings (SSSR count). The smallest absolute Gasteiger partial charge is 0.302 e. The van der Waals surface area contributed by atoms with E-state index in [1.54, 1.807) is 11.8 Å². The normalized spacial score (nSPS) is 42.3. The van der Waals surface area contributed by atoms with Crippen LogP contribution in [-0.2, 0) is 19.0 Å². The first kappa shape index (κ1) is 27.5. The van der Waals surface area contributed by atoms with Crippen molar-refractivity contribution >= 4 is 39.8 Å². The molecule has 6 aliphatic heterocycles. The van der Waals surface area contributed by atoms with Crippen LogP contribution in [-0.4, -0.2) is 128 Å². The fourth-order valence-corrected chi connectivity index (χ4v) is 7.83. The molecule has 0 aromatic heterocycles. The van der Waals surface area contributed by atoms with E-state index in [0.717, 1.165) is 42.9 Å². The standard InChI is InChI=1S/C14H22N2O3S.C10H16N2O4S/c1-4-10-8(2)12(18-9(3)17)11-13(19-10)20-14(15-11)16-6-5-7-16;13-4-5-7(14)8(15)6-9(16-5)17-10(11-6)12-2-1-3-12/h8,10-13H,4-7H2,1-3H3;5-9,13-15H,1-4H2/t8-,10-,11-,12+,13-;5-,6-,7-,8-,9-/m11/s1. The highest BCUT2D eigenvalue weighted by molar-refractivity contribution is 8.14. The highest BCUT2D eigenvalue weighted by Crippen LogP contribution is 2.42. The van der Waals surface area contributed by atoms with Crippen molar-refractivity contribution < 1.29 is 34.3 Å². The maximum atomic E-state index is 11.4. The average molecular weight is 559 g/mol. The molecule has 0 amide bonds. The zero-order valence-corrected chi connectivity index (χ0v) is 23.1. The molecule has 0 aromatic carbocycles. The van der Waals surface area contributed by atoms with E-state index < -0.39 is 24.4 Å². The van der Waals surface area contributed by atoms with Crippen molar-refractivity contribution in [1.29, 1.82) is 0 Å². The van der Waals surface area contributed by atoms with Gasteiger partial charge in [-0.05, 0) is 19.3 Å². The van der Waals surface area contributed by atoms with E-state index in [4.69, 9.17) is 24.3 Å². The van der Waals surface area contributed by atoms with Crippen molar-refractivity contribution in [2.75, 3.05) is 32.8 Å². The fraction of sp³-hybridized carbons (Fsp3) is 0.875. The third kappa shape index (κ3) is 5.50. The number of aliphatic imine (C=N–C) groups is 2. The number of carbonyl (C=O) groups is 1. The number of aliphatic hydroxyl groups is 3. The second-order valence-electron chi connectivity index (χ2n) is 10.3. The van der Waals surface area contributed by atoms with Gasteiger partial charge in [0.25, 0.3) is 0 Å². The van der Waals surface area contributed by atoms with Crippen LogP contribution in [0.3, 0.4) is 0 Å². The average Bonchev–Trinajstić information content (AvgIpc) is 3.40. The summed E-state index contributed by atoms with van der Waals surface area (Å²) in [5.41, 5.74) is -0.294. The largest absolute Gasteiger partial charge is 0.460 e. The molecule has 0 spiro atoms. The predicted molar refractivity (Wildman–Crippen MR) is 141 cm³/mol. The summed E-state index contributed by atoms with van der Waals surface area (Å²) < 4.78 is 17.3. The van der Waals surface area contributed by atoms with Crippen LogP contribution in [0.1, 0.15) is 40.0 Å². The summed E-state index contributed by atoms with van der Waals surface area (Å²) in [6.45, 7) is 9.54. The Morgan fingerprint density at radius 2 is 1.51 bits per heavy atom. The third-order valence-electron chi connectivity index (χ3n) is 7.80. The van der Waals surface area contributed by atoms with Crippen LogP contribution in [0.25, 0.3) is 0 Å². The predicted octanol–water partition coefficient (Wildman–Crippen LogP) is 0.469. The second-order valence-corrected chi connectivity index (χ2v) is 12.4. The van der Waals surface area contributed by atoms with E-state index in [9.17, 15) is 15.0 Å². The summed E-state index contributed by atoms with van der Waals surface area (Å²) in [6.07, 6.45) is 0.559. The minimum Gasteiger partial charge on any atom is -0.460 e. The lowest BCUT2D eigenvalue weighted by Crippen LogP contribution is -2.55. The monoisotopic (exact) mass is 558 g/mol. The maximum absolute atomic E-state index is 11.4. The van der Waals surface area contributed by atoms with Crippen molar-refractivity contribution in [3.63, 3.8) is 0 Å². The summed E-state index contributed by atoms with van der Waals surface area (Å²) in [5.74, 6) is -0.0415. The number of hydrogen-bond acceptors (Lipinski definition) is 13. The lowest BCUT2D eigenvalue weighted by molar-refractivity contribution is -0.166. The van der Waals surface area contributed by atoms with Crippen LogP contribution in [0.4, 0.5) is 0 Å². The molecule has 3 N–H and O–H groups in total. The maximum Gasteiger partial charge on any atom is 0.302 e. The Hall–Kier alpha value is -1.09. The molecule has 37 heavy (non-hydrogen) atoms. The van der Waals surface area contributed by atoms with Gasteiger partial charge >= 0.3 is 5.97 Å². The highest BCUT2D eigenvalue weighted by Gasteiger charge is 2.50. The number of aliphatic hydroxyl groups excluding tert-OH is 3. The van der Waals surface area contributed by atoms with Crippen molar-refractivity contribution in [1.82, 2.24) is 9.80 Å². The molecule has 0 saturated carbocycles. The molecule has 6 heterocycles. The van der Waals surface area contributed by atoms with Gasteiger partial charge in [-0.3, -0.25) is 14.8 Å². The molecule has 0 aromatic rings. The molecule has 4 saturated heterocycles.